The number of amides is 1. The molecule has 0 bridgehead atoms. The Morgan fingerprint density at radius 2 is 1.79 bits per heavy atom. The van der Waals surface area contributed by atoms with Crippen molar-refractivity contribution in [2.24, 2.45) is 5.73 Å². The van der Waals surface area contributed by atoms with Crippen molar-refractivity contribution in [2.75, 3.05) is 0 Å². The maximum Gasteiger partial charge on any atom is 0.204 e. The third kappa shape index (κ3) is 3.14. The van der Waals surface area contributed by atoms with Crippen LogP contribution >= 0.6 is 15.9 Å². The van der Waals surface area contributed by atoms with Crippen LogP contribution in [0.3, 0.4) is 0 Å². The average Bonchev–Trinajstić information content (AvgIpc) is 2.07. The molecule has 1 fully saturated rings. The van der Waals surface area contributed by atoms with Crippen LogP contribution in [0.4, 0.5) is 0 Å². The Balaban J connectivity index is 0.000000293. The second-order valence-corrected chi connectivity index (χ2v) is 4.23. The number of rotatable bonds is 1. The van der Waals surface area contributed by atoms with Gasteiger partial charge in [-0.25, -0.2) is 0 Å². The minimum Gasteiger partial charge on any atom is -0.372 e. The van der Waals surface area contributed by atoms with Gasteiger partial charge in [-0.05, 0) is 36.5 Å². The SMILES string of the molecule is Brc1ccc(C2CCC2)cc1.NC=O. The largest absolute Gasteiger partial charge is 0.372 e. The molecule has 1 aromatic rings. The number of halogens is 1. The lowest BCUT2D eigenvalue weighted by atomic mass is 9.80. The lowest BCUT2D eigenvalue weighted by molar-refractivity contribution is -0.106. The molecule has 0 atom stereocenters. The van der Waals surface area contributed by atoms with Crippen LogP contribution in [0.15, 0.2) is 28.7 Å². The zero-order valence-electron chi connectivity index (χ0n) is 7.95. The van der Waals surface area contributed by atoms with Crippen LogP contribution in [0, 0.1) is 0 Å². The summed E-state index contributed by atoms with van der Waals surface area (Å²) in [6.07, 6.45) is 4.45. The fourth-order valence-corrected chi connectivity index (χ4v) is 1.74. The molecule has 76 valence electrons. The third-order valence-corrected chi connectivity index (χ3v) is 2.98. The van der Waals surface area contributed by atoms with Crippen molar-refractivity contribution in [2.45, 2.75) is 25.2 Å². The van der Waals surface area contributed by atoms with E-state index >= 15 is 0 Å². The standard InChI is InChI=1S/C10H11Br.CH3NO/c11-10-6-4-9(5-7-10)8-2-1-3-8;2-1-3/h4-8H,1-3H2;1H,(H2,2,3). The van der Waals surface area contributed by atoms with Crippen molar-refractivity contribution >= 4 is 22.3 Å². The molecule has 0 saturated heterocycles. The topological polar surface area (TPSA) is 43.1 Å². The van der Waals surface area contributed by atoms with Crippen LogP contribution in [-0.2, 0) is 4.79 Å². The van der Waals surface area contributed by atoms with Gasteiger partial charge in [-0.3, -0.25) is 4.79 Å². The van der Waals surface area contributed by atoms with Gasteiger partial charge in [0.1, 0.15) is 0 Å². The average molecular weight is 256 g/mol. The van der Waals surface area contributed by atoms with Crippen LogP contribution in [0.25, 0.3) is 0 Å². The summed E-state index contributed by atoms with van der Waals surface area (Å²) in [6.45, 7) is 0. The first kappa shape index (κ1) is 11.2. The van der Waals surface area contributed by atoms with Crippen molar-refractivity contribution < 1.29 is 4.79 Å². The highest BCUT2D eigenvalue weighted by Crippen LogP contribution is 2.36. The van der Waals surface area contributed by atoms with Crippen LogP contribution in [0.5, 0.6) is 0 Å². The van der Waals surface area contributed by atoms with E-state index in [-0.39, 0.29) is 6.41 Å². The Morgan fingerprint density at radius 1 is 1.29 bits per heavy atom. The van der Waals surface area contributed by atoms with Gasteiger partial charge in [0.05, 0.1) is 0 Å². The Hall–Kier alpha value is -0.830. The van der Waals surface area contributed by atoms with Crippen LogP contribution < -0.4 is 5.73 Å². The van der Waals surface area contributed by atoms with E-state index in [0.29, 0.717) is 0 Å². The Labute approximate surface area is 92.6 Å². The molecular weight excluding hydrogens is 242 g/mol. The first-order valence-corrected chi connectivity index (χ1v) is 5.48. The summed E-state index contributed by atoms with van der Waals surface area (Å²) in [5, 5.41) is 0. The van der Waals surface area contributed by atoms with Gasteiger partial charge in [0, 0.05) is 4.47 Å². The van der Waals surface area contributed by atoms with E-state index in [2.05, 4.69) is 45.9 Å². The highest BCUT2D eigenvalue weighted by molar-refractivity contribution is 9.10. The predicted molar refractivity (Wildman–Crippen MR) is 61.0 cm³/mol. The molecule has 0 radical (unpaired) electrons. The van der Waals surface area contributed by atoms with Gasteiger partial charge in [0.2, 0.25) is 6.41 Å². The second kappa shape index (κ2) is 5.81. The van der Waals surface area contributed by atoms with Gasteiger partial charge in [0.25, 0.3) is 0 Å². The first-order valence-electron chi connectivity index (χ1n) is 4.68. The molecule has 0 spiro atoms. The molecule has 1 amide bonds. The van der Waals surface area contributed by atoms with Gasteiger partial charge in [-0.2, -0.15) is 0 Å². The van der Waals surface area contributed by atoms with Crippen LogP contribution in [0.2, 0.25) is 0 Å². The van der Waals surface area contributed by atoms with Gasteiger partial charge in [-0.1, -0.05) is 34.5 Å². The van der Waals surface area contributed by atoms with Gasteiger partial charge in [-0.15, -0.1) is 0 Å². The van der Waals surface area contributed by atoms with Crippen molar-refractivity contribution in [3.05, 3.63) is 34.3 Å². The normalized spacial score (nSPS) is 14.9. The lowest BCUT2D eigenvalue weighted by Crippen LogP contribution is -2.07. The quantitative estimate of drug-likeness (QED) is 0.771. The molecule has 0 unspecified atom stereocenters. The van der Waals surface area contributed by atoms with E-state index in [1.165, 1.54) is 29.3 Å². The van der Waals surface area contributed by atoms with Crippen LogP contribution in [0.1, 0.15) is 30.7 Å². The minimum absolute atomic E-state index is 0.250. The molecule has 2 rings (SSSR count). The predicted octanol–water partition coefficient (Wildman–Crippen LogP) is 2.82. The number of primary amides is 1. The molecular formula is C11H14BrNO. The molecule has 2 N–H and O–H groups in total. The summed E-state index contributed by atoms with van der Waals surface area (Å²) in [7, 11) is 0. The van der Waals surface area contributed by atoms with Crippen molar-refractivity contribution in [1.82, 2.24) is 0 Å². The highest BCUT2D eigenvalue weighted by atomic mass is 79.9. The van der Waals surface area contributed by atoms with E-state index in [4.69, 9.17) is 4.79 Å². The molecule has 2 nitrogen and oxygen atoms in total. The van der Waals surface area contributed by atoms with Gasteiger partial charge < -0.3 is 5.73 Å². The summed E-state index contributed by atoms with van der Waals surface area (Å²) in [5.41, 5.74) is 5.68. The Bertz CT molecular complexity index is 280. The minimum atomic E-state index is 0.250. The maximum atomic E-state index is 8.58. The summed E-state index contributed by atoms with van der Waals surface area (Å²) in [4.78, 5) is 8.58. The number of hydrogen-bond donors (Lipinski definition) is 1. The van der Waals surface area contributed by atoms with Gasteiger partial charge in [0.15, 0.2) is 0 Å². The maximum absolute atomic E-state index is 8.58. The smallest absolute Gasteiger partial charge is 0.204 e. The fourth-order valence-electron chi connectivity index (χ4n) is 1.48. The Morgan fingerprint density at radius 3 is 2.14 bits per heavy atom. The summed E-state index contributed by atoms with van der Waals surface area (Å²) in [5.74, 6) is 0.864. The molecule has 3 heteroatoms. The fraction of sp³-hybridized carbons (Fsp3) is 0.364. The number of carbonyl (C=O) groups is 1. The van der Waals surface area contributed by atoms with Crippen LogP contribution in [-0.4, -0.2) is 6.41 Å². The highest BCUT2D eigenvalue weighted by Gasteiger charge is 2.18. The number of carbonyl (C=O) groups excluding carboxylic acids is 1. The van der Waals surface area contributed by atoms with E-state index in [1.54, 1.807) is 0 Å². The molecule has 1 aromatic carbocycles. The molecule has 0 heterocycles. The number of hydrogen-bond acceptors (Lipinski definition) is 1. The summed E-state index contributed by atoms with van der Waals surface area (Å²) < 4.78 is 1.18. The molecule has 0 aromatic heterocycles. The van der Waals surface area contributed by atoms with E-state index < -0.39 is 0 Å². The van der Waals surface area contributed by atoms with E-state index in [0.717, 1.165) is 5.92 Å². The molecule has 1 saturated carbocycles. The summed E-state index contributed by atoms with van der Waals surface area (Å²) in [6, 6.07) is 8.73. The molecule has 1 aliphatic carbocycles. The first-order chi connectivity index (χ1) is 6.77. The monoisotopic (exact) mass is 255 g/mol. The zero-order chi connectivity index (χ0) is 10.4. The van der Waals surface area contributed by atoms with Crippen molar-refractivity contribution in [1.29, 1.82) is 0 Å². The Kier molecular flexibility index (Phi) is 4.66. The van der Waals surface area contributed by atoms with Gasteiger partial charge >= 0.3 is 0 Å². The summed E-state index contributed by atoms with van der Waals surface area (Å²) >= 11 is 3.43. The van der Waals surface area contributed by atoms with E-state index in [1.807, 2.05) is 0 Å². The van der Waals surface area contributed by atoms with Crippen molar-refractivity contribution in [3.8, 4) is 0 Å². The molecule has 0 aliphatic heterocycles. The van der Waals surface area contributed by atoms with E-state index in [9.17, 15) is 0 Å². The number of benzene rings is 1. The van der Waals surface area contributed by atoms with Crippen molar-refractivity contribution in [3.63, 3.8) is 0 Å². The zero-order valence-corrected chi connectivity index (χ0v) is 9.53. The third-order valence-electron chi connectivity index (χ3n) is 2.45. The second-order valence-electron chi connectivity index (χ2n) is 3.32. The lowest BCUT2D eigenvalue weighted by Gasteiger charge is -2.25. The molecule has 14 heavy (non-hydrogen) atoms. The number of nitrogens with two attached hydrogens (primary N) is 1. The molecule has 1 aliphatic rings.